The molecule has 0 spiro atoms. The van der Waals surface area contributed by atoms with Crippen LogP contribution in [0.3, 0.4) is 0 Å². The van der Waals surface area contributed by atoms with Crippen LogP contribution in [0.2, 0.25) is 0 Å². The third-order valence-electron chi connectivity index (χ3n) is 5.23. The van der Waals surface area contributed by atoms with E-state index in [1.54, 1.807) is 0 Å². The average molecular weight is 438 g/mol. The summed E-state index contributed by atoms with van der Waals surface area (Å²) in [6.45, 7) is 13.5. The Hall–Kier alpha value is -1.27. The van der Waals surface area contributed by atoms with E-state index in [9.17, 15) is 4.79 Å². The molecule has 2 fully saturated rings. The molecule has 3 rings (SSSR count). The molecule has 1 atom stereocenters. The Morgan fingerprint density at radius 3 is 2.52 bits per heavy atom. The van der Waals surface area contributed by atoms with E-state index < -0.39 is 5.60 Å². The maximum absolute atomic E-state index is 12.4. The summed E-state index contributed by atoms with van der Waals surface area (Å²) in [6.07, 6.45) is 2.35. The van der Waals surface area contributed by atoms with Crippen molar-refractivity contribution in [2.45, 2.75) is 58.7 Å². The molecule has 0 bridgehead atoms. The third kappa shape index (κ3) is 5.38. The Labute approximate surface area is 171 Å². The summed E-state index contributed by atoms with van der Waals surface area (Å²) in [7, 11) is 0. The van der Waals surface area contributed by atoms with Crippen molar-refractivity contribution >= 4 is 27.7 Å². The fraction of sp³-hybridized carbons (Fsp3) is 0.667. The van der Waals surface area contributed by atoms with Crippen LogP contribution >= 0.6 is 15.9 Å². The van der Waals surface area contributed by atoms with Gasteiger partial charge in [-0.05, 0) is 58.2 Å². The first-order valence-corrected chi connectivity index (χ1v) is 10.8. The Balaban J connectivity index is 1.64. The minimum Gasteiger partial charge on any atom is -0.444 e. The number of carbonyl (C=O) groups is 1. The first kappa shape index (κ1) is 20.5. The second kappa shape index (κ2) is 8.39. The summed E-state index contributed by atoms with van der Waals surface area (Å²) in [4.78, 5) is 19.2. The van der Waals surface area contributed by atoms with Crippen molar-refractivity contribution in [3.63, 3.8) is 0 Å². The van der Waals surface area contributed by atoms with Gasteiger partial charge in [0.2, 0.25) is 0 Å². The van der Waals surface area contributed by atoms with Crippen LogP contribution in [-0.4, -0.2) is 60.3 Å². The first-order valence-electron chi connectivity index (χ1n) is 9.98. The van der Waals surface area contributed by atoms with Crippen molar-refractivity contribution in [2.24, 2.45) is 0 Å². The highest BCUT2D eigenvalue weighted by Crippen LogP contribution is 2.29. The second-order valence-electron chi connectivity index (χ2n) is 8.73. The normalized spacial score (nSPS) is 21.6. The van der Waals surface area contributed by atoms with Crippen molar-refractivity contribution in [3.8, 4) is 0 Å². The minimum atomic E-state index is -0.448. The zero-order chi connectivity index (χ0) is 19.6. The Kier molecular flexibility index (Phi) is 6.36. The molecular weight excluding hydrogens is 406 g/mol. The molecule has 1 unspecified atom stereocenters. The predicted molar refractivity (Wildman–Crippen MR) is 113 cm³/mol. The van der Waals surface area contributed by atoms with Crippen LogP contribution in [0.1, 0.15) is 46.1 Å². The molecule has 1 aromatic rings. The molecule has 0 aromatic heterocycles. The number of halogens is 1. The third-order valence-corrected chi connectivity index (χ3v) is 5.72. The summed E-state index contributed by atoms with van der Waals surface area (Å²) in [5.41, 5.74) is 2.28. The number of anilines is 1. The molecule has 2 saturated heterocycles. The van der Waals surface area contributed by atoms with Gasteiger partial charge in [0, 0.05) is 55.5 Å². The molecule has 27 heavy (non-hydrogen) atoms. The van der Waals surface area contributed by atoms with Gasteiger partial charge in [-0.25, -0.2) is 4.79 Å². The maximum Gasteiger partial charge on any atom is 0.410 e. The van der Waals surface area contributed by atoms with Gasteiger partial charge >= 0.3 is 6.09 Å². The molecule has 2 aliphatic heterocycles. The second-order valence-corrected chi connectivity index (χ2v) is 9.64. The Morgan fingerprint density at radius 2 is 1.89 bits per heavy atom. The van der Waals surface area contributed by atoms with E-state index >= 15 is 0 Å². The van der Waals surface area contributed by atoms with Crippen LogP contribution in [0.4, 0.5) is 10.5 Å². The monoisotopic (exact) mass is 437 g/mol. The van der Waals surface area contributed by atoms with E-state index in [-0.39, 0.29) is 12.1 Å². The highest BCUT2D eigenvalue weighted by Gasteiger charge is 2.31. The standard InChI is InChI=1S/C21H32BrN3O2/c1-16-14-23(11-12-25(16)20(26)27-21(2,3)4)15-17-7-8-18(22)13-19(17)24-9-5-6-10-24/h7-8,13,16H,5-6,9-12,14-15H2,1-4H3. The number of rotatable bonds is 3. The van der Waals surface area contributed by atoms with Crippen molar-refractivity contribution in [1.82, 2.24) is 9.80 Å². The minimum absolute atomic E-state index is 0.152. The lowest BCUT2D eigenvalue weighted by Crippen LogP contribution is -2.54. The van der Waals surface area contributed by atoms with Crippen molar-refractivity contribution < 1.29 is 9.53 Å². The number of ether oxygens (including phenoxy) is 1. The van der Waals surface area contributed by atoms with Gasteiger partial charge < -0.3 is 14.5 Å². The molecule has 2 aliphatic rings. The molecule has 0 N–H and O–H groups in total. The Morgan fingerprint density at radius 1 is 1.19 bits per heavy atom. The van der Waals surface area contributed by atoms with Crippen LogP contribution < -0.4 is 4.90 Å². The SMILES string of the molecule is CC1CN(Cc2ccc(Br)cc2N2CCCC2)CCN1C(=O)OC(C)(C)C. The summed E-state index contributed by atoms with van der Waals surface area (Å²) in [6, 6.07) is 6.78. The number of piperazine rings is 1. The lowest BCUT2D eigenvalue weighted by Gasteiger charge is -2.40. The van der Waals surface area contributed by atoms with E-state index in [4.69, 9.17) is 4.74 Å². The summed E-state index contributed by atoms with van der Waals surface area (Å²) < 4.78 is 6.69. The van der Waals surface area contributed by atoms with Crippen molar-refractivity contribution in [3.05, 3.63) is 28.2 Å². The lowest BCUT2D eigenvalue weighted by molar-refractivity contribution is 0.000572. The highest BCUT2D eigenvalue weighted by molar-refractivity contribution is 9.10. The molecule has 150 valence electrons. The van der Waals surface area contributed by atoms with Gasteiger partial charge in [-0.1, -0.05) is 22.0 Å². The molecule has 1 amide bonds. The summed E-state index contributed by atoms with van der Waals surface area (Å²) in [5, 5.41) is 0. The van der Waals surface area contributed by atoms with Crippen LogP contribution in [0.15, 0.2) is 22.7 Å². The lowest BCUT2D eigenvalue weighted by atomic mass is 10.1. The van der Waals surface area contributed by atoms with E-state index in [1.807, 2.05) is 25.7 Å². The van der Waals surface area contributed by atoms with Gasteiger partial charge in [0.05, 0.1) is 0 Å². The highest BCUT2D eigenvalue weighted by atomic mass is 79.9. The zero-order valence-electron chi connectivity index (χ0n) is 17.0. The maximum atomic E-state index is 12.4. The topological polar surface area (TPSA) is 36.0 Å². The van der Waals surface area contributed by atoms with E-state index in [2.05, 4.69) is 50.9 Å². The van der Waals surface area contributed by atoms with Crippen molar-refractivity contribution in [2.75, 3.05) is 37.6 Å². The largest absolute Gasteiger partial charge is 0.444 e. The van der Waals surface area contributed by atoms with Gasteiger partial charge in [-0.3, -0.25) is 4.90 Å². The number of amides is 1. The quantitative estimate of drug-likeness (QED) is 0.697. The number of carbonyl (C=O) groups excluding carboxylic acids is 1. The number of nitrogens with zero attached hydrogens (tertiary/aromatic N) is 3. The van der Waals surface area contributed by atoms with Crippen LogP contribution in [-0.2, 0) is 11.3 Å². The first-order chi connectivity index (χ1) is 12.7. The Bertz CT molecular complexity index is 668. The number of hydrogen-bond donors (Lipinski definition) is 0. The van der Waals surface area contributed by atoms with E-state index in [0.29, 0.717) is 6.54 Å². The molecular formula is C21H32BrN3O2. The molecule has 2 heterocycles. The van der Waals surface area contributed by atoms with Gasteiger partial charge in [0.15, 0.2) is 0 Å². The summed E-state index contributed by atoms with van der Waals surface area (Å²) >= 11 is 3.63. The number of hydrogen-bond acceptors (Lipinski definition) is 4. The molecule has 6 heteroatoms. The number of benzene rings is 1. The molecule has 5 nitrogen and oxygen atoms in total. The average Bonchev–Trinajstić information content (AvgIpc) is 3.09. The van der Waals surface area contributed by atoms with E-state index in [1.165, 1.54) is 24.1 Å². The van der Waals surface area contributed by atoms with Gasteiger partial charge in [0.25, 0.3) is 0 Å². The zero-order valence-corrected chi connectivity index (χ0v) is 18.6. The smallest absolute Gasteiger partial charge is 0.410 e. The summed E-state index contributed by atoms with van der Waals surface area (Å²) in [5.74, 6) is 0. The molecule has 0 aliphatic carbocycles. The van der Waals surface area contributed by atoms with Crippen LogP contribution in [0.25, 0.3) is 0 Å². The van der Waals surface area contributed by atoms with Gasteiger partial charge in [-0.15, -0.1) is 0 Å². The van der Waals surface area contributed by atoms with E-state index in [0.717, 1.165) is 37.2 Å². The molecule has 0 radical (unpaired) electrons. The molecule has 0 saturated carbocycles. The molecule has 1 aromatic carbocycles. The van der Waals surface area contributed by atoms with Crippen LogP contribution in [0.5, 0.6) is 0 Å². The predicted octanol–water partition coefficient (Wildman–Crippen LogP) is 4.49. The van der Waals surface area contributed by atoms with Gasteiger partial charge in [0.1, 0.15) is 5.60 Å². The fourth-order valence-electron chi connectivity index (χ4n) is 3.93. The fourth-order valence-corrected chi connectivity index (χ4v) is 4.28. The van der Waals surface area contributed by atoms with Crippen molar-refractivity contribution in [1.29, 1.82) is 0 Å². The van der Waals surface area contributed by atoms with Gasteiger partial charge in [-0.2, -0.15) is 0 Å². The van der Waals surface area contributed by atoms with Crippen LogP contribution in [0, 0.1) is 0 Å².